The summed E-state index contributed by atoms with van der Waals surface area (Å²) in [5.41, 5.74) is 0.388. The van der Waals surface area contributed by atoms with Gasteiger partial charge in [0.2, 0.25) is 0 Å². The van der Waals surface area contributed by atoms with E-state index >= 15 is 0 Å². The first-order valence-electron chi connectivity index (χ1n) is 7.02. The third-order valence-corrected chi connectivity index (χ3v) is 3.47. The fourth-order valence-electron chi connectivity index (χ4n) is 2.40. The van der Waals surface area contributed by atoms with E-state index in [4.69, 9.17) is 0 Å². The molecule has 0 aromatic heterocycles. The quantitative estimate of drug-likeness (QED) is 0.800. The van der Waals surface area contributed by atoms with Gasteiger partial charge >= 0.3 is 0 Å². The van der Waals surface area contributed by atoms with E-state index in [0.29, 0.717) is 12.1 Å². The fourth-order valence-corrected chi connectivity index (χ4v) is 2.40. The highest BCUT2D eigenvalue weighted by Gasteiger charge is 2.10. The maximum Gasteiger partial charge on any atom is 0.251 e. The Kier molecular flexibility index (Phi) is 5.33. The number of halogens is 1. The van der Waals surface area contributed by atoms with Gasteiger partial charge in [0.15, 0.2) is 0 Å². The van der Waals surface area contributed by atoms with Crippen LogP contribution in [0.5, 0.6) is 0 Å². The summed E-state index contributed by atoms with van der Waals surface area (Å²) in [7, 11) is 0. The minimum Gasteiger partial charge on any atom is -0.352 e. The van der Waals surface area contributed by atoms with Crippen LogP contribution in [0.15, 0.2) is 24.3 Å². The second-order valence-electron chi connectivity index (χ2n) is 5.02. The SMILES string of the molecule is O=C(NCCCCN1CCCC1)c1cccc(F)c1. The zero-order chi connectivity index (χ0) is 13.5. The van der Waals surface area contributed by atoms with Gasteiger partial charge in [-0.05, 0) is 63.5 Å². The monoisotopic (exact) mass is 264 g/mol. The Hall–Kier alpha value is -1.42. The molecule has 2 rings (SSSR count). The Morgan fingerprint density at radius 2 is 2.05 bits per heavy atom. The summed E-state index contributed by atoms with van der Waals surface area (Å²) in [6.07, 6.45) is 4.70. The van der Waals surface area contributed by atoms with Crippen molar-refractivity contribution in [2.45, 2.75) is 25.7 Å². The molecule has 0 aliphatic carbocycles. The van der Waals surface area contributed by atoms with E-state index in [9.17, 15) is 9.18 Å². The maximum atomic E-state index is 13.0. The fraction of sp³-hybridized carbons (Fsp3) is 0.533. The molecule has 1 aromatic rings. The second-order valence-corrected chi connectivity index (χ2v) is 5.02. The molecule has 1 aliphatic heterocycles. The minimum absolute atomic E-state index is 0.194. The van der Waals surface area contributed by atoms with E-state index in [-0.39, 0.29) is 11.7 Å². The van der Waals surface area contributed by atoms with Crippen molar-refractivity contribution in [2.75, 3.05) is 26.2 Å². The van der Waals surface area contributed by atoms with Gasteiger partial charge in [0.25, 0.3) is 5.91 Å². The standard InChI is InChI=1S/C15H21FN2O/c16-14-7-5-6-13(12-14)15(19)17-8-1-2-9-18-10-3-4-11-18/h5-7,12H,1-4,8-11H2,(H,17,19). The van der Waals surface area contributed by atoms with Crippen LogP contribution >= 0.6 is 0 Å². The molecule has 1 amide bonds. The van der Waals surface area contributed by atoms with E-state index in [1.54, 1.807) is 12.1 Å². The van der Waals surface area contributed by atoms with Crippen LogP contribution in [0.2, 0.25) is 0 Å². The summed E-state index contributed by atoms with van der Waals surface area (Å²) in [6, 6.07) is 5.78. The molecule has 4 heteroatoms. The molecule has 1 aromatic carbocycles. The van der Waals surface area contributed by atoms with Gasteiger partial charge in [-0.1, -0.05) is 6.07 Å². The molecule has 0 atom stereocenters. The number of hydrogen-bond acceptors (Lipinski definition) is 2. The predicted octanol–water partition coefficient (Wildman–Crippen LogP) is 2.43. The van der Waals surface area contributed by atoms with Crippen LogP contribution in [0.4, 0.5) is 4.39 Å². The van der Waals surface area contributed by atoms with Gasteiger partial charge in [-0.2, -0.15) is 0 Å². The molecule has 1 saturated heterocycles. The highest BCUT2D eigenvalue weighted by atomic mass is 19.1. The van der Waals surface area contributed by atoms with Crippen molar-refractivity contribution < 1.29 is 9.18 Å². The first kappa shape index (κ1) is 14.0. The summed E-state index contributed by atoms with van der Waals surface area (Å²) < 4.78 is 13.0. The molecule has 19 heavy (non-hydrogen) atoms. The number of hydrogen-bond donors (Lipinski definition) is 1. The Bertz CT molecular complexity index is 416. The molecular formula is C15H21FN2O. The first-order chi connectivity index (χ1) is 9.25. The van der Waals surface area contributed by atoms with Gasteiger partial charge in [0.05, 0.1) is 0 Å². The molecule has 1 heterocycles. The van der Waals surface area contributed by atoms with Crippen LogP contribution in [-0.2, 0) is 0 Å². The number of benzene rings is 1. The zero-order valence-electron chi connectivity index (χ0n) is 11.2. The van der Waals surface area contributed by atoms with Crippen molar-refractivity contribution >= 4 is 5.91 Å². The molecule has 0 saturated carbocycles. The summed E-state index contributed by atoms with van der Waals surface area (Å²) in [5, 5.41) is 2.83. The number of rotatable bonds is 6. The highest BCUT2D eigenvalue weighted by molar-refractivity contribution is 5.94. The average Bonchev–Trinajstić information content (AvgIpc) is 2.91. The normalized spacial score (nSPS) is 15.6. The number of nitrogens with one attached hydrogen (secondary N) is 1. The summed E-state index contributed by atoms with van der Waals surface area (Å²) in [4.78, 5) is 14.2. The number of nitrogens with zero attached hydrogens (tertiary/aromatic N) is 1. The van der Waals surface area contributed by atoms with Crippen LogP contribution in [-0.4, -0.2) is 37.0 Å². The summed E-state index contributed by atoms with van der Waals surface area (Å²) >= 11 is 0. The van der Waals surface area contributed by atoms with Gasteiger partial charge < -0.3 is 10.2 Å². The molecule has 0 bridgehead atoms. The first-order valence-corrected chi connectivity index (χ1v) is 7.02. The van der Waals surface area contributed by atoms with Gasteiger partial charge in [-0.3, -0.25) is 4.79 Å². The molecular weight excluding hydrogens is 243 g/mol. The van der Waals surface area contributed by atoms with Gasteiger partial charge in [-0.25, -0.2) is 4.39 Å². The molecule has 3 nitrogen and oxygen atoms in total. The van der Waals surface area contributed by atoms with Gasteiger partial charge in [0.1, 0.15) is 5.82 Å². The van der Waals surface area contributed by atoms with E-state index in [1.807, 2.05) is 0 Å². The number of amides is 1. The topological polar surface area (TPSA) is 32.3 Å². The molecule has 0 spiro atoms. The predicted molar refractivity (Wildman–Crippen MR) is 73.6 cm³/mol. The zero-order valence-corrected chi connectivity index (χ0v) is 11.2. The van der Waals surface area contributed by atoms with Crippen molar-refractivity contribution in [1.29, 1.82) is 0 Å². The summed E-state index contributed by atoms with van der Waals surface area (Å²) in [6.45, 7) is 4.21. The highest BCUT2D eigenvalue weighted by Crippen LogP contribution is 2.08. The lowest BCUT2D eigenvalue weighted by molar-refractivity contribution is 0.0952. The van der Waals surface area contributed by atoms with E-state index in [2.05, 4.69) is 10.2 Å². The van der Waals surface area contributed by atoms with Gasteiger partial charge in [-0.15, -0.1) is 0 Å². The van der Waals surface area contributed by atoms with E-state index in [1.165, 1.54) is 38.1 Å². The van der Waals surface area contributed by atoms with Crippen LogP contribution in [0.25, 0.3) is 0 Å². The molecule has 104 valence electrons. The summed E-state index contributed by atoms with van der Waals surface area (Å²) in [5.74, 6) is -0.567. The van der Waals surface area contributed by atoms with Crippen LogP contribution in [0, 0.1) is 5.82 Å². The van der Waals surface area contributed by atoms with Crippen LogP contribution in [0.1, 0.15) is 36.0 Å². The van der Waals surface area contributed by atoms with Crippen molar-refractivity contribution in [1.82, 2.24) is 10.2 Å². The van der Waals surface area contributed by atoms with E-state index in [0.717, 1.165) is 19.4 Å². The van der Waals surface area contributed by atoms with Crippen molar-refractivity contribution in [2.24, 2.45) is 0 Å². The molecule has 1 fully saturated rings. The third-order valence-electron chi connectivity index (χ3n) is 3.47. The van der Waals surface area contributed by atoms with Crippen molar-refractivity contribution in [3.05, 3.63) is 35.6 Å². The minimum atomic E-state index is -0.373. The average molecular weight is 264 g/mol. The number of carbonyl (C=O) groups is 1. The van der Waals surface area contributed by atoms with Crippen LogP contribution < -0.4 is 5.32 Å². The lowest BCUT2D eigenvalue weighted by Crippen LogP contribution is -2.26. The second kappa shape index (κ2) is 7.24. The molecule has 0 unspecified atom stereocenters. The molecule has 0 radical (unpaired) electrons. The smallest absolute Gasteiger partial charge is 0.251 e. The Labute approximate surface area is 113 Å². The van der Waals surface area contributed by atoms with E-state index < -0.39 is 0 Å². The van der Waals surface area contributed by atoms with Gasteiger partial charge in [0, 0.05) is 12.1 Å². The lowest BCUT2D eigenvalue weighted by atomic mass is 10.2. The third kappa shape index (κ3) is 4.63. The largest absolute Gasteiger partial charge is 0.352 e. The maximum absolute atomic E-state index is 13.0. The number of carbonyl (C=O) groups excluding carboxylic acids is 1. The Balaban J connectivity index is 1.61. The van der Waals surface area contributed by atoms with Crippen molar-refractivity contribution in [3.63, 3.8) is 0 Å². The van der Waals surface area contributed by atoms with Crippen LogP contribution in [0.3, 0.4) is 0 Å². The van der Waals surface area contributed by atoms with Crippen molar-refractivity contribution in [3.8, 4) is 0 Å². The Morgan fingerprint density at radius 1 is 1.26 bits per heavy atom. The number of likely N-dealkylation sites (tertiary alicyclic amines) is 1. The lowest BCUT2D eigenvalue weighted by Gasteiger charge is -2.14. The number of unbranched alkanes of at least 4 members (excludes halogenated alkanes) is 1. The molecule has 1 N–H and O–H groups in total. The Morgan fingerprint density at radius 3 is 2.79 bits per heavy atom. The molecule has 1 aliphatic rings.